The fourth-order valence-corrected chi connectivity index (χ4v) is 3.34. The Kier molecular flexibility index (Phi) is 4.08. The molecule has 21 heavy (non-hydrogen) atoms. The summed E-state index contributed by atoms with van der Waals surface area (Å²) in [4.78, 5) is 0. The third kappa shape index (κ3) is 2.62. The van der Waals surface area contributed by atoms with Crippen LogP contribution in [0, 0.1) is 8.78 Å². The lowest BCUT2D eigenvalue weighted by Crippen LogP contribution is -2.24. The molecule has 0 bridgehead atoms. The van der Waals surface area contributed by atoms with Crippen molar-refractivity contribution in [3.63, 3.8) is 0 Å². The van der Waals surface area contributed by atoms with Gasteiger partial charge in [-0.15, -0.1) is 0 Å². The van der Waals surface area contributed by atoms with Crippen LogP contribution in [0.5, 0.6) is 0 Å². The van der Waals surface area contributed by atoms with Gasteiger partial charge in [-0.3, -0.25) is 5.21 Å². The molecule has 1 aromatic carbocycles. The van der Waals surface area contributed by atoms with Gasteiger partial charge in [0.25, 0.3) is 0 Å². The van der Waals surface area contributed by atoms with Crippen LogP contribution < -0.4 is 5.23 Å². The van der Waals surface area contributed by atoms with E-state index in [2.05, 4.69) is 22.6 Å². The zero-order valence-electron chi connectivity index (χ0n) is 10.9. The van der Waals surface area contributed by atoms with Gasteiger partial charge in [0.2, 0.25) is 0 Å². The molecule has 3 N–H and O–H groups in total. The van der Waals surface area contributed by atoms with Crippen molar-refractivity contribution in [3.8, 4) is 0 Å². The molecule has 1 fully saturated rings. The van der Waals surface area contributed by atoms with E-state index in [1.807, 2.05) is 10.8 Å². The van der Waals surface area contributed by atoms with Crippen LogP contribution in [0.1, 0.15) is 12.6 Å². The van der Waals surface area contributed by atoms with Crippen LogP contribution in [-0.2, 0) is 4.74 Å². The highest BCUT2D eigenvalue weighted by Gasteiger charge is 2.35. The zero-order valence-corrected chi connectivity index (χ0v) is 13.0. The van der Waals surface area contributed by atoms with Gasteiger partial charge in [-0.1, -0.05) is 0 Å². The predicted octanol–water partition coefficient (Wildman–Crippen LogP) is 1.58. The summed E-state index contributed by atoms with van der Waals surface area (Å²) in [6.07, 6.45) is 0.591. The average Bonchev–Trinajstić information content (AvgIpc) is 2.99. The lowest BCUT2D eigenvalue weighted by atomic mass is 10.2. The van der Waals surface area contributed by atoms with Crippen LogP contribution >= 0.6 is 22.6 Å². The normalized spacial score (nSPS) is 25.7. The number of aliphatic hydroxyl groups is 2. The first-order chi connectivity index (χ1) is 10.0. The molecule has 3 rings (SSSR count). The van der Waals surface area contributed by atoms with Crippen molar-refractivity contribution in [2.45, 2.75) is 24.9 Å². The first kappa shape index (κ1) is 15.0. The summed E-state index contributed by atoms with van der Waals surface area (Å²) in [7, 11) is 0. The number of anilines is 1. The summed E-state index contributed by atoms with van der Waals surface area (Å²) in [5, 5.41) is 39.6. The number of aromatic nitrogens is 1. The van der Waals surface area contributed by atoms with E-state index in [0.717, 1.165) is 14.5 Å². The third-order valence-corrected chi connectivity index (χ3v) is 4.54. The molecule has 1 aromatic heterocycles. The molecule has 1 aliphatic heterocycles. The van der Waals surface area contributed by atoms with Crippen molar-refractivity contribution in [3.05, 3.63) is 33.2 Å². The van der Waals surface area contributed by atoms with E-state index < -0.39 is 12.2 Å². The molecule has 7 nitrogen and oxygen atoms in total. The monoisotopic (exact) mass is 405 g/mol. The van der Waals surface area contributed by atoms with E-state index in [0.29, 0.717) is 6.42 Å². The van der Waals surface area contributed by atoms with Crippen molar-refractivity contribution in [2.75, 3.05) is 11.8 Å². The first-order valence-electron chi connectivity index (χ1n) is 6.42. The van der Waals surface area contributed by atoms with Gasteiger partial charge in [-0.05, 0) is 40.8 Å². The molecule has 114 valence electrons. The zero-order chi connectivity index (χ0) is 15.1. The summed E-state index contributed by atoms with van der Waals surface area (Å²) in [5.41, 5.74) is 0.986. The minimum Gasteiger partial charge on any atom is -0.733 e. The van der Waals surface area contributed by atoms with Crippen LogP contribution in [0.3, 0.4) is 0 Å². The maximum absolute atomic E-state index is 11.0. The molecule has 3 atom stereocenters. The molecular weight excluding hydrogens is 391 g/mol. The maximum Gasteiger partial charge on any atom is 0.137 e. The number of ether oxygens (including phenoxy) is 1. The minimum atomic E-state index is -0.705. The molecule has 3 unspecified atom stereocenters. The topological polar surface area (TPSA) is 101 Å². The molecule has 0 radical (unpaired) electrons. The van der Waals surface area contributed by atoms with Crippen LogP contribution in [0.25, 0.3) is 10.9 Å². The van der Waals surface area contributed by atoms with Gasteiger partial charge in [-0.25, -0.2) is 0 Å². The maximum atomic E-state index is 11.0. The highest BCUT2D eigenvalue weighted by Crippen LogP contribution is 2.35. The molecule has 1 saturated heterocycles. The van der Waals surface area contributed by atoms with Gasteiger partial charge in [0.1, 0.15) is 12.3 Å². The number of benzene rings is 1. The van der Waals surface area contributed by atoms with E-state index in [-0.39, 0.29) is 23.7 Å². The van der Waals surface area contributed by atoms with Crippen LogP contribution in [0.2, 0.25) is 0 Å². The quantitative estimate of drug-likeness (QED) is 0.530. The standard InChI is InChI=1S/C13H14IN2O5/c14-9-5-15(13-4-11(18)12(6-17)21-13)10-2-1-7(16(19)20)3-8(9)10/h1-3,5,11-13,17-19H,4,6H2/q-1. The van der Waals surface area contributed by atoms with E-state index in [4.69, 9.17) is 15.1 Å². The second-order valence-electron chi connectivity index (χ2n) is 4.97. The fourth-order valence-electron chi connectivity index (χ4n) is 2.61. The van der Waals surface area contributed by atoms with Crippen LogP contribution in [0.4, 0.5) is 5.69 Å². The van der Waals surface area contributed by atoms with Crippen LogP contribution in [0.15, 0.2) is 24.4 Å². The molecule has 0 aliphatic carbocycles. The lowest BCUT2D eigenvalue weighted by molar-refractivity contribution is -0.0429. The molecule has 8 heteroatoms. The van der Waals surface area contributed by atoms with Crippen molar-refractivity contribution < 1.29 is 20.2 Å². The van der Waals surface area contributed by atoms with Gasteiger partial charge in [0, 0.05) is 21.6 Å². The Balaban J connectivity index is 2.01. The van der Waals surface area contributed by atoms with Gasteiger partial charge in [0.05, 0.1) is 23.9 Å². The van der Waals surface area contributed by atoms with Crippen molar-refractivity contribution in [1.82, 2.24) is 4.57 Å². The fraction of sp³-hybridized carbons (Fsp3) is 0.385. The Morgan fingerprint density at radius 2 is 2.24 bits per heavy atom. The summed E-state index contributed by atoms with van der Waals surface area (Å²) < 4.78 is 8.41. The van der Waals surface area contributed by atoms with E-state index in [1.165, 1.54) is 6.07 Å². The smallest absolute Gasteiger partial charge is 0.137 e. The summed E-state index contributed by atoms with van der Waals surface area (Å²) in [5.74, 6) is 0. The van der Waals surface area contributed by atoms with Crippen molar-refractivity contribution in [1.29, 1.82) is 0 Å². The SMILES string of the molecule is [O-]N(O)c1ccc2c(c1)c(I)cn2C1CC(O)C(CO)O1. The number of fused-ring (bicyclic) bond motifs is 1. The van der Waals surface area contributed by atoms with Gasteiger partial charge in [-0.2, -0.15) is 0 Å². The highest BCUT2D eigenvalue weighted by molar-refractivity contribution is 14.1. The second-order valence-corrected chi connectivity index (χ2v) is 6.14. The number of hydrogen-bond acceptors (Lipinski definition) is 6. The lowest BCUT2D eigenvalue weighted by Gasteiger charge is -2.21. The molecule has 0 amide bonds. The van der Waals surface area contributed by atoms with Crippen molar-refractivity contribution in [2.24, 2.45) is 0 Å². The number of aliphatic hydroxyl groups excluding tert-OH is 2. The van der Waals surface area contributed by atoms with E-state index >= 15 is 0 Å². The summed E-state index contributed by atoms with van der Waals surface area (Å²) in [6.45, 7) is -0.228. The Hall–Kier alpha value is -0.910. The first-order valence-corrected chi connectivity index (χ1v) is 7.49. The largest absolute Gasteiger partial charge is 0.733 e. The van der Waals surface area contributed by atoms with Crippen LogP contribution in [-0.4, -0.2) is 38.8 Å². The Morgan fingerprint density at radius 3 is 2.86 bits per heavy atom. The second kappa shape index (κ2) is 5.71. The molecule has 2 aromatic rings. The van der Waals surface area contributed by atoms with Gasteiger partial charge >= 0.3 is 0 Å². The molecular formula is C13H14IN2O5-. The summed E-state index contributed by atoms with van der Waals surface area (Å²) >= 11 is 2.13. The van der Waals surface area contributed by atoms with Gasteiger partial charge in [0.15, 0.2) is 0 Å². The highest BCUT2D eigenvalue weighted by atomic mass is 127. The summed E-state index contributed by atoms with van der Waals surface area (Å²) in [6, 6.07) is 4.82. The number of nitrogens with zero attached hydrogens (tertiary/aromatic N) is 2. The molecule has 1 aliphatic rings. The molecule has 0 spiro atoms. The van der Waals surface area contributed by atoms with Gasteiger partial charge < -0.3 is 30.0 Å². The van der Waals surface area contributed by atoms with E-state index in [9.17, 15) is 10.3 Å². The predicted molar refractivity (Wildman–Crippen MR) is 83.9 cm³/mol. The molecule has 2 heterocycles. The minimum absolute atomic E-state index is 0.152. The number of rotatable bonds is 3. The molecule has 0 saturated carbocycles. The van der Waals surface area contributed by atoms with E-state index in [1.54, 1.807) is 12.1 Å². The Bertz CT molecular complexity index is 659. The Labute approximate surface area is 134 Å². The van der Waals surface area contributed by atoms with Crippen molar-refractivity contribution >= 4 is 39.2 Å². The Morgan fingerprint density at radius 1 is 1.48 bits per heavy atom. The average molecular weight is 405 g/mol. The third-order valence-electron chi connectivity index (χ3n) is 3.68. The number of halogens is 1. The number of hydrogen-bond donors (Lipinski definition) is 3.